The maximum Gasteiger partial charge on any atom is 0.274 e. The second-order valence-electron chi connectivity index (χ2n) is 9.64. The summed E-state index contributed by atoms with van der Waals surface area (Å²) >= 11 is 0. The fraction of sp³-hybridized carbons (Fsp3) is 0.321. The van der Waals surface area contributed by atoms with Crippen LogP contribution in [0.4, 0.5) is 13.2 Å². The van der Waals surface area contributed by atoms with E-state index in [4.69, 9.17) is 4.74 Å². The molecule has 2 aliphatic heterocycles. The summed E-state index contributed by atoms with van der Waals surface area (Å²) in [6, 6.07) is 9.25. The van der Waals surface area contributed by atoms with E-state index in [-0.39, 0.29) is 42.8 Å². The second-order valence-corrected chi connectivity index (χ2v) is 9.64. The Kier molecular flexibility index (Phi) is 7.42. The Hall–Kier alpha value is -4.12. The Morgan fingerprint density at radius 3 is 2.49 bits per heavy atom. The number of nitrogens with one attached hydrogen (secondary N) is 1. The van der Waals surface area contributed by atoms with E-state index in [1.54, 1.807) is 33.7 Å². The largest absolute Gasteiger partial charge is 0.483 e. The number of fused-ring (bicyclic) bond motifs is 4. The maximum atomic E-state index is 14.1. The van der Waals surface area contributed by atoms with Gasteiger partial charge in [-0.25, -0.2) is 13.2 Å². The lowest BCUT2D eigenvalue weighted by molar-refractivity contribution is 0.0499. The molecular weight excluding hydrogens is 515 g/mol. The van der Waals surface area contributed by atoms with Crippen LogP contribution in [0, 0.1) is 17.5 Å². The van der Waals surface area contributed by atoms with Crippen LogP contribution in [0.2, 0.25) is 0 Å². The van der Waals surface area contributed by atoms with E-state index in [0.717, 1.165) is 5.56 Å². The normalized spacial score (nSPS) is 18.4. The number of pyridine rings is 1. The van der Waals surface area contributed by atoms with E-state index in [2.05, 4.69) is 5.32 Å². The lowest BCUT2D eigenvalue weighted by Crippen LogP contribution is -2.49. The van der Waals surface area contributed by atoms with Gasteiger partial charge in [-0.05, 0) is 24.8 Å². The number of nitrogens with zero attached hydrogens (tertiary/aromatic N) is 2. The van der Waals surface area contributed by atoms with Crippen molar-refractivity contribution in [3.05, 3.63) is 98.7 Å². The van der Waals surface area contributed by atoms with Gasteiger partial charge in [-0.15, -0.1) is 0 Å². The molecule has 8 nitrogen and oxygen atoms in total. The van der Waals surface area contributed by atoms with Crippen molar-refractivity contribution in [1.29, 1.82) is 0 Å². The fourth-order valence-electron chi connectivity index (χ4n) is 5.15. The zero-order valence-corrected chi connectivity index (χ0v) is 20.8. The van der Waals surface area contributed by atoms with E-state index in [1.165, 1.54) is 6.20 Å². The Morgan fingerprint density at radius 1 is 1.08 bits per heavy atom. The van der Waals surface area contributed by atoms with Gasteiger partial charge in [0, 0.05) is 37.0 Å². The van der Waals surface area contributed by atoms with E-state index in [1.807, 2.05) is 6.07 Å². The molecule has 3 heterocycles. The molecule has 0 radical (unpaired) electrons. The molecule has 204 valence electrons. The second kappa shape index (κ2) is 10.9. The van der Waals surface area contributed by atoms with E-state index < -0.39 is 52.8 Å². The molecule has 0 unspecified atom stereocenters. The van der Waals surface area contributed by atoms with Crippen LogP contribution in [-0.2, 0) is 13.2 Å². The summed E-state index contributed by atoms with van der Waals surface area (Å²) in [6.45, 7) is -0.626. The number of amides is 2. The molecule has 11 heteroatoms. The highest BCUT2D eigenvalue weighted by Gasteiger charge is 2.40. The standard InChI is InChI=1S/C28H26F3N3O5/c29-17-9-22(30)20(23(31)10-17)11-32-27(37)21-13-33-18-7-4-8-19(14-35)34(12-18)28(38)24(33)26(25(21)36)39-15-16-5-2-1-3-6-16/h1-3,5-6,9-10,13,18-19,35H,4,7-8,11-12,14-15H2,(H,32,37)/t18-,19+/m0/s1. The van der Waals surface area contributed by atoms with E-state index in [9.17, 15) is 32.7 Å². The molecule has 2 aliphatic rings. The Labute approximate surface area is 221 Å². The van der Waals surface area contributed by atoms with Crippen molar-refractivity contribution in [1.82, 2.24) is 14.8 Å². The van der Waals surface area contributed by atoms with Crippen molar-refractivity contribution >= 4 is 11.8 Å². The number of hydrogen-bond acceptors (Lipinski definition) is 5. The van der Waals surface area contributed by atoms with Gasteiger partial charge in [0.25, 0.3) is 11.8 Å². The van der Waals surface area contributed by atoms with Gasteiger partial charge in [0.05, 0.1) is 18.7 Å². The highest BCUT2D eigenvalue weighted by Crippen LogP contribution is 2.34. The third-order valence-electron chi connectivity index (χ3n) is 7.18. The number of carbonyl (C=O) groups is 2. The van der Waals surface area contributed by atoms with Crippen molar-refractivity contribution in [3.63, 3.8) is 0 Å². The lowest BCUT2D eigenvalue weighted by atomic mass is 10.1. The summed E-state index contributed by atoms with van der Waals surface area (Å²) < 4.78 is 48.9. The van der Waals surface area contributed by atoms with Crippen LogP contribution in [0.25, 0.3) is 0 Å². The highest BCUT2D eigenvalue weighted by atomic mass is 19.1. The minimum Gasteiger partial charge on any atom is -0.483 e. The zero-order valence-electron chi connectivity index (χ0n) is 20.8. The van der Waals surface area contributed by atoms with Crippen molar-refractivity contribution in [2.24, 2.45) is 0 Å². The number of halogens is 3. The van der Waals surface area contributed by atoms with Crippen molar-refractivity contribution in [2.75, 3.05) is 13.2 Å². The molecule has 1 saturated heterocycles. The number of carbonyl (C=O) groups excluding carboxylic acids is 2. The molecule has 0 saturated carbocycles. The van der Waals surface area contributed by atoms with Gasteiger partial charge >= 0.3 is 0 Å². The first-order chi connectivity index (χ1) is 18.8. The molecular formula is C28H26F3N3O5. The van der Waals surface area contributed by atoms with Gasteiger partial charge < -0.3 is 24.6 Å². The summed E-state index contributed by atoms with van der Waals surface area (Å²) in [7, 11) is 0. The predicted octanol–water partition coefficient (Wildman–Crippen LogP) is 3.32. The maximum absolute atomic E-state index is 14.1. The number of rotatable bonds is 7. The first-order valence-corrected chi connectivity index (χ1v) is 12.6. The van der Waals surface area contributed by atoms with Crippen LogP contribution in [0.15, 0.2) is 53.5 Å². The molecule has 5 rings (SSSR count). The number of aliphatic hydroxyl groups is 1. The van der Waals surface area contributed by atoms with Crippen LogP contribution in [-0.4, -0.2) is 45.6 Å². The Morgan fingerprint density at radius 2 is 1.79 bits per heavy atom. The van der Waals surface area contributed by atoms with Gasteiger partial charge in [-0.1, -0.05) is 30.3 Å². The monoisotopic (exact) mass is 541 g/mol. The average Bonchev–Trinajstić information content (AvgIpc) is 3.11. The predicted molar refractivity (Wildman–Crippen MR) is 134 cm³/mol. The minimum atomic E-state index is -1.18. The average molecular weight is 542 g/mol. The van der Waals surface area contributed by atoms with Crippen molar-refractivity contribution in [2.45, 2.75) is 44.5 Å². The molecule has 0 spiro atoms. The molecule has 2 atom stereocenters. The van der Waals surface area contributed by atoms with E-state index >= 15 is 0 Å². The zero-order chi connectivity index (χ0) is 27.7. The van der Waals surface area contributed by atoms with Crippen LogP contribution in [0.5, 0.6) is 5.75 Å². The number of hydrogen-bond donors (Lipinski definition) is 2. The SMILES string of the molecule is O=C(NCc1c(F)cc(F)cc1F)c1cn2c(c(OCc3ccccc3)c1=O)C(=O)N1C[C@@H]2CCC[C@@H]1CO. The molecule has 0 aliphatic carbocycles. The quantitative estimate of drug-likeness (QED) is 0.478. The van der Waals surface area contributed by atoms with Gasteiger partial charge in [0.1, 0.15) is 29.6 Å². The Bertz CT molecular complexity index is 1450. The highest BCUT2D eigenvalue weighted by molar-refractivity contribution is 5.99. The molecule has 1 aromatic heterocycles. The van der Waals surface area contributed by atoms with Gasteiger partial charge in [-0.2, -0.15) is 0 Å². The lowest BCUT2D eigenvalue weighted by Gasteiger charge is -2.38. The summed E-state index contributed by atoms with van der Waals surface area (Å²) in [5.41, 5.74) is -1.08. The number of ether oxygens (including phenoxy) is 1. The topological polar surface area (TPSA) is 101 Å². The summed E-state index contributed by atoms with van der Waals surface area (Å²) in [4.78, 5) is 41.8. The van der Waals surface area contributed by atoms with Crippen LogP contribution < -0.4 is 15.5 Å². The molecule has 2 aromatic carbocycles. The molecule has 1 fully saturated rings. The van der Waals surface area contributed by atoms with Crippen LogP contribution >= 0.6 is 0 Å². The minimum absolute atomic E-state index is 0.0142. The Balaban J connectivity index is 1.54. The van der Waals surface area contributed by atoms with Gasteiger partial charge in [0.2, 0.25) is 5.43 Å². The first-order valence-electron chi connectivity index (χ1n) is 12.6. The molecule has 39 heavy (non-hydrogen) atoms. The third kappa shape index (κ3) is 5.14. The molecule has 2 N–H and O–H groups in total. The van der Waals surface area contributed by atoms with Gasteiger partial charge in [0.15, 0.2) is 11.4 Å². The fourth-order valence-corrected chi connectivity index (χ4v) is 5.15. The molecule has 3 aromatic rings. The van der Waals surface area contributed by atoms with Gasteiger partial charge in [-0.3, -0.25) is 14.4 Å². The van der Waals surface area contributed by atoms with Crippen molar-refractivity contribution in [3.8, 4) is 5.75 Å². The van der Waals surface area contributed by atoms with Crippen molar-refractivity contribution < 1.29 is 32.6 Å². The summed E-state index contributed by atoms with van der Waals surface area (Å²) in [6.07, 6.45) is 3.19. The third-order valence-corrected chi connectivity index (χ3v) is 7.18. The first kappa shape index (κ1) is 26.5. The summed E-state index contributed by atoms with van der Waals surface area (Å²) in [5.74, 6) is -5.19. The van der Waals surface area contributed by atoms with Crippen LogP contribution in [0.1, 0.15) is 57.3 Å². The van der Waals surface area contributed by atoms with E-state index in [0.29, 0.717) is 31.4 Å². The summed E-state index contributed by atoms with van der Waals surface area (Å²) in [5, 5.41) is 12.2. The van der Waals surface area contributed by atoms with Crippen LogP contribution in [0.3, 0.4) is 0 Å². The number of benzene rings is 2. The smallest absolute Gasteiger partial charge is 0.274 e. The number of aromatic nitrogens is 1. The molecule has 2 bridgehead atoms. The molecule has 2 amide bonds. The number of aliphatic hydroxyl groups excluding tert-OH is 1.